The first-order valence-electron chi connectivity index (χ1n) is 6.87. The maximum absolute atomic E-state index is 5.86. The molecule has 6 nitrogen and oxygen atoms in total. The van der Waals surface area contributed by atoms with E-state index in [2.05, 4.69) is 25.2 Å². The molecule has 0 aliphatic carbocycles. The van der Waals surface area contributed by atoms with Crippen LogP contribution in [0.5, 0.6) is 11.8 Å². The molecule has 1 N–H and O–H groups in total. The Hall–Kier alpha value is -2.08. The first kappa shape index (κ1) is 13.9. The van der Waals surface area contributed by atoms with E-state index in [0.717, 1.165) is 25.9 Å². The summed E-state index contributed by atoms with van der Waals surface area (Å²) in [6, 6.07) is 7.36. The number of hydrogen-bond donors (Lipinski definition) is 1. The molecule has 1 fully saturated rings. The molecule has 1 aliphatic rings. The van der Waals surface area contributed by atoms with Gasteiger partial charge >= 0.3 is 6.01 Å². The van der Waals surface area contributed by atoms with Crippen molar-refractivity contribution in [2.45, 2.75) is 12.8 Å². The van der Waals surface area contributed by atoms with Crippen LogP contribution in [0.3, 0.4) is 0 Å². The Labute approximate surface area is 128 Å². The molecule has 2 heterocycles. The van der Waals surface area contributed by atoms with Crippen molar-refractivity contribution in [2.75, 3.05) is 30.4 Å². The number of halogens is 1. The summed E-state index contributed by atoms with van der Waals surface area (Å²) in [5.74, 6) is 1.78. The standard InChI is InChI=1S/C14H16ClN5O/c1-16-12-17-13(20-8-2-3-9-20)19-14(18-12)21-11-6-4-10(15)5-7-11/h4-7H,2-3,8-9H2,1H3,(H,16,17,18,19). The number of ether oxygens (including phenoxy) is 1. The van der Waals surface area contributed by atoms with Crippen molar-refractivity contribution < 1.29 is 4.74 Å². The lowest BCUT2D eigenvalue weighted by atomic mass is 10.3. The van der Waals surface area contributed by atoms with Gasteiger partial charge in [-0.2, -0.15) is 15.0 Å². The zero-order valence-electron chi connectivity index (χ0n) is 11.7. The Bertz CT molecular complexity index is 613. The van der Waals surface area contributed by atoms with Crippen LogP contribution in [0.2, 0.25) is 5.02 Å². The summed E-state index contributed by atoms with van der Waals surface area (Å²) in [7, 11) is 1.77. The van der Waals surface area contributed by atoms with Crippen LogP contribution < -0.4 is 15.0 Å². The van der Waals surface area contributed by atoms with Crippen LogP contribution in [0.4, 0.5) is 11.9 Å². The van der Waals surface area contributed by atoms with E-state index in [1.165, 1.54) is 0 Å². The third-order valence-corrected chi connectivity index (χ3v) is 3.49. The number of nitrogens with zero attached hydrogens (tertiary/aromatic N) is 4. The van der Waals surface area contributed by atoms with Gasteiger partial charge in [-0.15, -0.1) is 0 Å². The molecule has 0 spiro atoms. The van der Waals surface area contributed by atoms with E-state index in [0.29, 0.717) is 22.7 Å². The first-order valence-corrected chi connectivity index (χ1v) is 7.24. The minimum Gasteiger partial charge on any atom is -0.424 e. The molecule has 110 valence electrons. The molecule has 1 aromatic heterocycles. The van der Waals surface area contributed by atoms with Gasteiger partial charge in [-0.05, 0) is 37.1 Å². The number of rotatable bonds is 4. The Morgan fingerprint density at radius 1 is 1.10 bits per heavy atom. The van der Waals surface area contributed by atoms with E-state index >= 15 is 0 Å². The molecule has 0 atom stereocenters. The van der Waals surface area contributed by atoms with Gasteiger partial charge in [0.1, 0.15) is 5.75 Å². The molecule has 1 aromatic carbocycles. The van der Waals surface area contributed by atoms with Crippen molar-refractivity contribution in [1.82, 2.24) is 15.0 Å². The third-order valence-electron chi connectivity index (χ3n) is 3.24. The number of aromatic nitrogens is 3. The van der Waals surface area contributed by atoms with Gasteiger partial charge in [0.25, 0.3) is 0 Å². The van der Waals surface area contributed by atoms with Crippen LogP contribution in [0.15, 0.2) is 24.3 Å². The van der Waals surface area contributed by atoms with E-state index in [9.17, 15) is 0 Å². The highest BCUT2D eigenvalue weighted by Crippen LogP contribution is 2.24. The van der Waals surface area contributed by atoms with Gasteiger partial charge in [0.2, 0.25) is 11.9 Å². The maximum atomic E-state index is 5.86. The molecular formula is C14H16ClN5O. The Kier molecular flexibility index (Phi) is 4.06. The lowest BCUT2D eigenvalue weighted by Gasteiger charge is -2.16. The fraction of sp³-hybridized carbons (Fsp3) is 0.357. The predicted octanol–water partition coefficient (Wildman–Crippen LogP) is 2.96. The van der Waals surface area contributed by atoms with E-state index in [4.69, 9.17) is 16.3 Å². The molecule has 0 amide bonds. The van der Waals surface area contributed by atoms with E-state index < -0.39 is 0 Å². The minimum atomic E-state index is 0.276. The summed E-state index contributed by atoms with van der Waals surface area (Å²) in [6.07, 6.45) is 2.32. The fourth-order valence-corrected chi connectivity index (χ4v) is 2.30. The SMILES string of the molecule is CNc1nc(Oc2ccc(Cl)cc2)nc(N2CCCC2)n1. The summed E-state index contributed by atoms with van der Waals surface area (Å²) in [5, 5.41) is 3.60. The molecular weight excluding hydrogens is 290 g/mol. The van der Waals surface area contributed by atoms with Crippen LogP contribution in [-0.4, -0.2) is 35.1 Å². The van der Waals surface area contributed by atoms with E-state index in [-0.39, 0.29) is 6.01 Å². The van der Waals surface area contributed by atoms with Gasteiger partial charge in [0.15, 0.2) is 0 Å². The maximum Gasteiger partial charge on any atom is 0.328 e. The quantitative estimate of drug-likeness (QED) is 0.937. The lowest BCUT2D eigenvalue weighted by Crippen LogP contribution is -2.21. The normalized spacial score (nSPS) is 14.3. The molecule has 1 aliphatic heterocycles. The van der Waals surface area contributed by atoms with Crippen LogP contribution >= 0.6 is 11.6 Å². The Morgan fingerprint density at radius 3 is 2.48 bits per heavy atom. The van der Waals surface area contributed by atoms with Crippen LogP contribution in [0, 0.1) is 0 Å². The highest BCUT2D eigenvalue weighted by atomic mass is 35.5. The second kappa shape index (κ2) is 6.13. The molecule has 3 rings (SSSR count). The van der Waals surface area contributed by atoms with E-state index in [1.54, 1.807) is 31.3 Å². The minimum absolute atomic E-state index is 0.276. The zero-order chi connectivity index (χ0) is 14.7. The van der Waals surface area contributed by atoms with Gasteiger partial charge in [0.05, 0.1) is 0 Å². The third kappa shape index (κ3) is 3.33. The van der Waals surface area contributed by atoms with Crippen LogP contribution in [0.1, 0.15) is 12.8 Å². The fourth-order valence-electron chi connectivity index (χ4n) is 2.17. The first-order chi connectivity index (χ1) is 10.2. The second-order valence-corrected chi connectivity index (χ2v) is 5.18. The van der Waals surface area contributed by atoms with Gasteiger partial charge in [-0.25, -0.2) is 0 Å². The van der Waals surface area contributed by atoms with Crippen LogP contribution in [0.25, 0.3) is 0 Å². The zero-order valence-corrected chi connectivity index (χ0v) is 12.5. The molecule has 2 aromatic rings. The molecule has 0 unspecified atom stereocenters. The van der Waals surface area contributed by atoms with Crippen molar-refractivity contribution in [3.63, 3.8) is 0 Å². The van der Waals surface area contributed by atoms with Crippen LogP contribution in [-0.2, 0) is 0 Å². The van der Waals surface area contributed by atoms with Crippen molar-refractivity contribution in [1.29, 1.82) is 0 Å². The monoisotopic (exact) mass is 305 g/mol. The Morgan fingerprint density at radius 2 is 1.81 bits per heavy atom. The summed E-state index contributed by atoms with van der Waals surface area (Å²) >= 11 is 5.86. The van der Waals surface area contributed by atoms with Crippen molar-refractivity contribution in [3.8, 4) is 11.8 Å². The average Bonchev–Trinajstić information content (AvgIpc) is 3.04. The predicted molar refractivity (Wildman–Crippen MR) is 82.3 cm³/mol. The van der Waals surface area contributed by atoms with E-state index in [1.807, 2.05) is 0 Å². The van der Waals surface area contributed by atoms with Gasteiger partial charge < -0.3 is 15.0 Å². The molecule has 0 bridgehead atoms. The number of anilines is 2. The molecule has 7 heteroatoms. The number of benzene rings is 1. The average molecular weight is 306 g/mol. The summed E-state index contributed by atoms with van der Waals surface area (Å²) in [6.45, 7) is 1.93. The highest BCUT2D eigenvalue weighted by Gasteiger charge is 2.17. The van der Waals surface area contributed by atoms with Crippen molar-refractivity contribution in [2.24, 2.45) is 0 Å². The van der Waals surface area contributed by atoms with Crippen molar-refractivity contribution in [3.05, 3.63) is 29.3 Å². The Balaban J connectivity index is 1.86. The molecule has 1 saturated heterocycles. The largest absolute Gasteiger partial charge is 0.424 e. The van der Waals surface area contributed by atoms with Crippen molar-refractivity contribution >= 4 is 23.5 Å². The topological polar surface area (TPSA) is 63.2 Å². The summed E-state index contributed by atoms with van der Waals surface area (Å²) in [4.78, 5) is 15.1. The molecule has 0 radical (unpaired) electrons. The van der Waals surface area contributed by atoms with Gasteiger partial charge in [0, 0.05) is 25.2 Å². The summed E-state index contributed by atoms with van der Waals surface area (Å²) in [5.41, 5.74) is 0. The summed E-state index contributed by atoms with van der Waals surface area (Å²) < 4.78 is 5.69. The molecule has 21 heavy (non-hydrogen) atoms. The highest BCUT2D eigenvalue weighted by molar-refractivity contribution is 6.30. The van der Waals surface area contributed by atoms with Gasteiger partial charge in [-0.1, -0.05) is 11.6 Å². The van der Waals surface area contributed by atoms with Gasteiger partial charge in [-0.3, -0.25) is 0 Å². The smallest absolute Gasteiger partial charge is 0.328 e. The lowest BCUT2D eigenvalue weighted by molar-refractivity contribution is 0.440. The molecule has 0 saturated carbocycles. The number of hydrogen-bond acceptors (Lipinski definition) is 6. The number of nitrogens with one attached hydrogen (secondary N) is 1. The second-order valence-electron chi connectivity index (χ2n) is 4.74.